The maximum Gasteiger partial charge on any atom is 0.245 e. The maximum atomic E-state index is 12.7. The van der Waals surface area contributed by atoms with E-state index in [2.05, 4.69) is 10.2 Å². The lowest BCUT2D eigenvalue weighted by molar-refractivity contribution is -0.114. The van der Waals surface area contributed by atoms with Gasteiger partial charge in [0.25, 0.3) is 0 Å². The maximum absolute atomic E-state index is 12.7. The molecule has 0 atom stereocenters. The van der Waals surface area contributed by atoms with Gasteiger partial charge < -0.3 is 10.2 Å². The van der Waals surface area contributed by atoms with E-state index in [0.717, 1.165) is 42.2 Å². The number of rotatable bonds is 6. The van der Waals surface area contributed by atoms with Gasteiger partial charge in [-0.25, -0.2) is 8.42 Å². The summed E-state index contributed by atoms with van der Waals surface area (Å²) in [5.41, 5.74) is 2.01. The average Bonchev–Trinajstić information content (AvgIpc) is 2.66. The van der Waals surface area contributed by atoms with E-state index in [1.54, 1.807) is 18.2 Å². The average molecular weight is 422 g/mol. The first-order valence-corrected chi connectivity index (χ1v) is 11.4. The van der Waals surface area contributed by atoms with Crippen molar-refractivity contribution in [2.45, 2.75) is 19.3 Å². The van der Waals surface area contributed by atoms with E-state index in [1.807, 2.05) is 24.3 Å². The zero-order valence-corrected chi connectivity index (χ0v) is 17.3. The largest absolute Gasteiger partial charge is 0.370 e. The third-order valence-electron chi connectivity index (χ3n) is 4.66. The summed E-state index contributed by atoms with van der Waals surface area (Å²) in [6.07, 6.45) is 4.54. The Labute approximate surface area is 171 Å². The number of anilines is 3. The van der Waals surface area contributed by atoms with Gasteiger partial charge in [0.05, 0.1) is 23.3 Å². The highest BCUT2D eigenvalue weighted by molar-refractivity contribution is 7.92. The SMILES string of the molecule is CS(=O)(=O)N(CC(=O)Nc1ccccc1N1CCCCC1)c1cccc(Cl)c1. The normalized spacial score (nSPS) is 14.6. The highest BCUT2D eigenvalue weighted by Gasteiger charge is 2.22. The van der Waals surface area contributed by atoms with Gasteiger partial charge in [-0.15, -0.1) is 0 Å². The van der Waals surface area contributed by atoms with Gasteiger partial charge in [0.15, 0.2) is 0 Å². The van der Waals surface area contributed by atoms with Crippen molar-refractivity contribution in [3.63, 3.8) is 0 Å². The zero-order valence-electron chi connectivity index (χ0n) is 15.8. The first kappa shape index (κ1) is 20.5. The molecule has 1 fully saturated rings. The minimum Gasteiger partial charge on any atom is -0.370 e. The van der Waals surface area contributed by atoms with Gasteiger partial charge in [-0.05, 0) is 49.6 Å². The van der Waals surface area contributed by atoms with Crippen LogP contribution in [-0.2, 0) is 14.8 Å². The fraction of sp³-hybridized carbons (Fsp3) is 0.350. The third kappa shape index (κ3) is 5.17. The summed E-state index contributed by atoms with van der Waals surface area (Å²) in [5.74, 6) is -0.408. The molecule has 2 aromatic rings. The van der Waals surface area contributed by atoms with Crippen LogP contribution in [0.4, 0.5) is 17.1 Å². The van der Waals surface area contributed by atoms with Gasteiger partial charge in [0, 0.05) is 18.1 Å². The second-order valence-electron chi connectivity index (χ2n) is 6.86. The fourth-order valence-corrected chi connectivity index (χ4v) is 4.37. The molecule has 0 aromatic heterocycles. The molecule has 0 aliphatic carbocycles. The first-order chi connectivity index (χ1) is 13.3. The third-order valence-corrected chi connectivity index (χ3v) is 6.03. The molecule has 0 radical (unpaired) electrons. The Morgan fingerprint density at radius 1 is 1.11 bits per heavy atom. The molecule has 0 bridgehead atoms. The molecule has 8 heteroatoms. The van der Waals surface area contributed by atoms with Crippen molar-refractivity contribution in [2.24, 2.45) is 0 Å². The Hall–Kier alpha value is -2.25. The molecular formula is C20H24ClN3O3S. The lowest BCUT2D eigenvalue weighted by Crippen LogP contribution is -2.38. The Kier molecular flexibility index (Phi) is 6.46. The van der Waals surface area contributed by atoms with Crippen LogP contribution in [0.25, 0.3) is 0 Å². The number of amides is 1. The topological polar surface area (TPSA) is 69.7 Å². The molecule has 28 heavy (non-hydrogen) atoms. The summed E-state index contributed by atoms with van der Waals surface area (Å²) in [5, 5.41) is 3.28. The molecule has 3 rings (SSSR count). The summed E-state index contributed by atoms with van der Waals surface area (Å²) in [6, 6.07) is 14.1. The van der Waals surface area contributed by atoms with E-state index in [0.29, 0.717) is 16.4 Å². The summed E-state index contributed by atoms with van der Waals surface area (Å²) in [7, 11) is -3.65. The predicted molar refractivity (Wildman–Crippen MR) is 115 cm³/mol. The van der Waals surface area contributed by atoms with Crippen LogP contribution in [0.15, 0.2) is 48.5 Å². The number of hydrogen-bond donors (Lipinski definition) is 1. The fourth-order valence-electron chi connectivity index (χ4n) is 3.34. The van der Waals surface area contributed by atoms with E-state index in [1.165, 1.54) is 12.5 Å². The Balaban J connectivity index is 1.79. The van der Waals surface area contributed by atoms with Crippen LogP contribution < -0.4 is 14.5 Å². The Bertz CT molecular complexity index is 943. The molecule has 1 aliphatic heterocycles. The van der Waals surface area contributed by atoms with E-state index in [4.69, 9.17) is 11.6 Å². The highest BCUT2D eigenvalue weighted by Crippen LogP contribution is 2.28. The quantitative estimate of drug-likeness (QED) is 0.771. The van der Waals surface area contributed by atoms with Crippen molar-refractivity contribution in [3.8, 4) is 0 Å². The van der Waals surface area contributed by atoms with Gasteiger partial charge in [0.2, 0.25) is 15.9 Å². The molecule has 1 saturated heterocycles. The minimum atomic E-state index is -3.65. The van der Waals surface area contributed by atoms with Crippen LogP contribution in [0.3, 0.4) is 0 Å². The van der Waals surface area contributed by atoms with Gasteiger partial charge >= 0.3 is 0 Å². The number of carbonyl (C=O) groups is 1. The van der Waals surface area contributed by atoms with Crippen LogP contribution in [0, 0.1) is 0 Å². The van der Waals surface area contributed by atoms with E-state index in [-0.39, 0.29) is 6.54 Å². The van der Waals surface area contributed by atoms with E-state index in [9.17, 15) is 13.2 Å². The first-order valence-electron chi connectivity index (χ1n) is 9.22. The number of piperidine rings is 1. The Morgan fingerprint density at radius 2 is 1.82 bits per heavy atom. The van der Waals surface area contributed by atoms with Crippen LogP contribution in [0.5, 0.6) is 0 Å². The van der Waals surface area contributed by atoms with Crippen molar-refractivity contribution in [1.82, 2.24) is 0 Å². The smallest absolute Gasteiger partial charge is 0.245 e. The second-order valence-corrected chi connectivity index (χ2v) is 9.21. The van der Waals surface area contributed by atoms with Gasteiger partial charge in [0.1, 0.15) is 6.54 Å². The number of nitrogens with one attached hydrogen (secondary N) is 1. The molecule has 6 nitrogen and oxygen atoms in total. The van der Waals surface area contributed by atoms with Crippen molar-refractivity contribution < 1.29 is 13.2 Å². The molecule has 150 valence electrons. The lowest BCUT2D eigenvalue weighted by Gasteiger charge is -2.30. The number of nitrogens with zero attached hydrogens (tertiary/aromatic N) is 2. The summed E-state index contributed by atoms with van der Waals surface area (Å²) in [6.45, 7) is 1.57. The summed E-state index contributed by atoms with van der Waals surface area (Å²) < 4.78 is 25.5. The van der Waals surface area contributed by atoms with E-state index >= 15 is 0 Å². The number of sulfonamides is 1. The molecule has 2 aromatic carbocycles. The molecule has 1 aliphatic rings. The van der Waals surface area contributed by atoms with Gasteiger partial charge in [-0.3, -0.25) is 9.10 Å². The van der Waals surface area contributed by atoms with Crippen molar-refractivity contribution in [1.29, 1.82) is 0 Å². The van der Waals surface area contributed by atoms with Crippen LogP contribution >= 0.6 is 11.6 Å². The Morgan fingerprint density at radius 3 is 2.50 bits per heavy atom. The summed E-state index contributed by atoms with van der Waals surface area (Å²) >= 11 is 5.98. The molecule has 1 N–H and O–H groups in total. The molecular weight excluding hydrogens is 398 g/mol. The number of para-hydroxylation sites is 2. The van der Waals surface area contributed by atoms with E-state index < -0.39 is 15.9 Å². The van der Waals surface area contributed by atoms with Crippen molar-refractivity contribution >= 4 is 44.6 Å². The van der Waals surface area contributed by atoms with Gasteiger partial charge in [-0.2, -0.15) is 0 Å². The monoisotopic (exact) mass is 421 g/mol. The second kappa shape index (κ2) is 8.84. The molecule has 0 saturated carbocycles. The zero-order chi connectivity index (χ0) is 20.1. The lowest BCUT2D eigenvalue weighted by atomic mass is 10.1. The molecule has 0 spiro atoms. The number of halogens is 1. The van der Waals surface area contributed by atoms with Gasteiger partial charge in [-0.1, -0.05) is 29.8 Å². The molecule has 1 heterocycles. The van der Waals surface area contributed by atoms with Crippen LogP contribution in [0.1, 0.15) is 19.3 Å². The van der Waals surface area contributed by atoms with Crippen molar-refractivity contribution in [3.05, 3.63) is 53.6 Å². The van der Waals surface area contributed by atoms with Crippen molar-refractivity contribution in [2.75, 3.05) is 40.4 Å². The molecule has 1 amide bonds. The standard InChI is InChI=1S/C20H24ClN3O3S/c1-28(26,27)24(17-9-7-8-16(21)14-17)15-20(25)22-18-10-3-4-11-19(18)23-12-5-2-6-13-23/h3-4,7-11,14H,2,5-6,12-13,15H2,1H3,(H,22,25). The van der Waals surface area contributed by atoms with Crippen LogP contribution in [0.2, 0.25) is 5.02 Å². The van der Waals surface area contributed by atoms with Crippen LogP contribution in [-0.4, -0.2) is 40.2 Å². The minimum absolute atomic E-state index is 0.326. The summed E-state index contributed by atoms with van der Waals surface area (Å²) in [4.78, 5) is 14.9. The number of hydrogen-bond acceptors (Lipinski definition) is 4. The number of benzene rings is 2. The number of carbonyl (C=O) groups excluding carboxylic acids is 1. The predicted octanol–water partition coefficient (Wildman–Crippen LogP) is 3.74. The highest BCUT2D eigenvalue weighted by atomic mass is 35.5. The molecule has 0 unspecified atom stereocenters.